The minimum atomic E-state index is 0.118. The van der Waals surface area contributed by atoms with E-state index in [9.17, 15) is 0 Å². The van der Waals surface area contributed by atoms with Crippen LogP contribution in [-0.4, -0.2) is 24.5 Å². The average molecular weight is 335 g/mol. The molecule has 1 aromatic carbocycles. The van der Waals surface area contributed by atoms with Gasteiger partial charge in [-0.3, -0.25) is 9.97 Å². The van der Waals surface area contributed by atoms with Gasteiger partial charge in [0, 0.05) is 17.8 Å². The number of thiazole rings is 1. The lowest BCUT2D eigenvalue weighted by atomic mass is 10.1. The second kappa shape index (κ2) is 5.79. The molecule has 5 nitrogen and oxygen atoms in total. The lowest BCUT2D eigenvalue weighted by Gasteiger charge is -2.12. The van der Waals surface area contributed by atoms with E-state index in [1.165, 1.54) is 11.1 Å². The van der Waals surface area contributed by atoms with E-state index >= 15 is 0 Å². The van der Waals surface area contributed by atoms with Crippen LogP contribution in [0.1, 0.15) is 29.1 Å². The fourth-order valence-electron chi connectivity index (χ4n) is 2.74. The van der Waals surface area contributed by atoms with Crippen molar-refractivity contribution in [2.45, 2.75) is 26.8 Å². The SMILES string of the molecule is Cc1cc2ncn([C@@H](C)c3nc(-c4cnccn4)cs3)c2cc1C. The molecular weight excluding hydrogens is 318 g/mol. The lowest BCUT2D eigenvalue weighted by Crippen LogP contribution is -2.05. The van der Waals surface area contributed by atoms with Crippen molar-refractivity contribution in [3.8, 4) is 11.4 Å². The van der Waals surface area contributed by atoms with Crippen LogP contribution in [0.4, 0.5) is 0 Å². The first-order valence-electron chi connectivity index (χ1n) is 7.79. The van der Waals surface area contributed by atoms with Gasteiger partial charge in [0.1, 0.15) is 16.4 Å². The summed E-state index contributed by atoms with van der Waals surface area (Å²) in [6, 6.07) is 4.46. The largest absolute Gasteiger partial charge is 0.321 e. The maximum Gasteiger partial charge on any atom is 0.116 e. The monoisotopic (exact) mass is 335 g/mol. The third-order valence-corrected chi connectivity index (χ3v) is 5.33. The van der Waals surface area contributed by atoms with Crippen molar-refractivity contribution in [3.05, 3.63) is 58.6 Å². The molecule has 0 aliphatic rings. The maximum absolute atomic E-state index is 4.75. The normalized spacial score (nSPS) is 12.6. The molecule has 0 N–H and O–H groups in total. The van der Waals surface area contributed by atoms with Gasteiger partial charge in [-0.1, -0.05) is 0 Å². The maximum atomic E-state index is 4.75. The van der Waals surface area contributed by atoms with E-state index in [1.54, 1.807) is 29.9 Å². The first kappa shape index (κ1) is 15.0. The Morgan fingerprint density at radius 3 is 2.67 bits per heavy atom. The van der Waals surface area contributed by atoms with Crippen LogP contribution in [-0.2, 0) is 0 Å². The number of fused-ring (bicyclic) bond motifs is 1. The van der Waals surface area contributed by atoms with Gasteiger partial charge >= 0.3 is 0 Å². The summed E-state index contributed by atoms with van der Waals surface area (Å²) in [4.78, 5) is 17.7. The van der Waals surface area contributed by atoms with Crippen molar-refractivity contribution >= 4 is 22.4 Å². The zero-order chi connectivity index (χ0) is 16.7. The Hall–Kier alpha value is -2.60. The van der Waals surface area contributed by atoms with Gasteiger partial charge in [0.2, 0.25) is 0 Å². The van der Waals surface area contributed by atoms with Crippen molar-refractivity contribution in [3.63, 3.8) is 0 Å². The van der Waals surface area contributed by atoms with Gasteiger partial charge < -0.3 is 4.57 Å². The molecule has 6 heteroatoms. The second-order valence-corrected chi connectivity index (χ2v) is 6.80. The molecule has 120 valence electrons. The quantitative estimate of drug-likeness (QED) is 0.564. The highest BCUT2D eigenvalue weighted by Gasteiger charge is 2.16. The minimum Gasteiger partial charge on any atom is -0.321 e. The van der Waals surface area contributed by atoms with Gasteiger partial charge in [0.05, 0.1) is 29.6 Å². The number of hydrogen-bond donors (Lipinski definition) is 0. The van der Waals surface area contributed by atoms with E-state index in [2.05, 4.69) is 52.4 Å². The van der Waals surface area contributed by atoms with Crippen molar-refractivity contribution in [1.82, 2.24) is 24.5 Å². The molecule has 0 unspecified atom stereocenters. The number of nitrogens with zero attached hydrogens (tertiary/aromatic N) is 5. The van der Waals surface area contributed by atoms with E-state index in [0.717, 1.165) is 27.4 Å². The molecular formula is C18H17N5S. The van der Waals surface area contributed by atoms with Crippen LogP contribution < -0.4 is 0 Å². The Balaban J connectivity index is 1.73. The summed E-state index contributed by atoms with van der Waals surface area (Å²) < 4.78 is 2.18. The first-order valence-corrected chi connectivity index (χ1v) is 8.67. The highest BCUT2D eigenvalue weighted by Crippen LogP contribution is 2.29. The van der Waals surface area contributed by atoms with E-state index in [-0.39, 0.29) is 6.04 Å². The first-order chi connectivity index (χ1) is 11.6. The molecule has 0 fully saturated rings. The molecule has 0 saturated carbocycles. The Morgan fingerprint density at radius 1 is 1.04 bits per heavy atom. The summed E-state index contributed by atoms with van der Waals surface area (Å²) in [6.45, 7) is 6.40. The molecule has 0 saturated heterocycles. The smallest absolute Gasteiger partial charge is 0.116 e. The number of hydrogen-bond acceptors (Lipinski definition) is 5. The summed E-state index contributed by atoms with van der Waals surface area (Å²) >= 11 is 1.64. The zero-order valence-corrected chi connectivity index (χ0v) is 14.6. The molecule has 0 spiro atoms. The van der Waals surface area contributed by atoms with Gasteiger partial charge in [0.25, 0.3) is 0 Å². The summed E-state index contributed by atoms with van der Waals surface area (Å²) in [6.07, 6.45) is 6.99. The molecule has 0 aliphatic heterocycles. The molecule has 1 atom stereocenters. The van der Waals surface area contributed by atoms with E-state index in [0.29, 0.717) is 0 Å². The third-order valence-electron chi connectivity index (χ3n) is 4.31. The zero-order valence-electron chi connectivity index (χ0n) is 13.8. The molecule has 3 aromatic heterocycles. The lowest BCUT2D eigenvalue weighted by molar-refractivity contribution is 0.653. The number of aromatic nitrogens is 5. The van der Waals surface area contributed by atoms with Gasteiger partial charge in [-0.25, -0.2) is 9.97 Å². The van der Waals surface area contributed by atoms with Gasteiger partial charge in [-0.05, 0) is 44.0 Å². The van der Waals surface area contributed by atoms with Crippen LogP contribution in [0, 0.1) is 13.8 Å². The molecule has 0 amide bonds. The number of benzene rings is 1. The molecule has 3 heterocycles. The fourth-order valence-corrected chi connectivity index (χ4v) is 3.61. The van der Waals surface area contributed by atoms with Crippen molar-refractivity contribution in [2.24, 2.45) is 0 Å². The number of rotatable bonds is 3. The third kappa shape index (κ3) is 2.49. The predicted octanol–water partition coefficient (Wildman–Crippen LogP) is 4.18. The Labute approximate surface area is 144 Å². The van der Waals surface area contributed by atoms with E-state index in [1.807, 2.05) is 11.7 Å². The molecule has 0 radical (unpaired) electrons. The van der Waals surface area contributed by atoms with Gasteiger partial charge in [-0.15, -0.1) is 11.3 Å². The van der Waals surface area contributed by atoms with Crippen LogP contribution in [0.3, 0.4) is 0 Å². The van der Waals surface area contributed by atoms with E-state index in [4.69, 9.17) is 4.98 Å². The van der Waals surface area contributed by atoms with Crippen LogP contribution >= 0.6 is 11.3 Å². The molecule has 0 aliphatic carbocycles. The van der Waals surface area contributed by atoms with Gasteiger partial charge in [-0.2, -0.15) is 0 Å². The van der Waals surface area contributed by atoms with Gasteiger partial charge in [0.15, 0.2) is 0 Å². The second-order valence-electron chi connectivity index (χ2n) is 5.91. The van der Waals surface area contributed by atoms with Crippen molar-refractivity contribution in [2.75, 3.05) is 0 Å². The molecule has 24 heavy (non-hydrogen) atoms. The van der Waals surface area contributed by atoms with Crippen molar-refractivity contribution in [1.29, 1.82) is 0 Å². The Bertz CT molecular complexity index is 1000. The topological polar surface area (TPSA) is 56.5 Å². The Morgan fingerprint density at radius 2 is 1.88 bits per heavy atom. The highest BCUT2D eigenvalue weighted by atomic mass is 32.1. The molecule has 0 bridgehead atoms. The fraction of sp³-hybridized carbons (Fsp3) is 0.222. The Kier molecular flexibility index (Phi) is 3.61. The molecule has 4 aromatic rings. The van der Waals surface area contributed by atoms with Crippen LogP contribution in [0.2, 0.25) is 0 Å². The summed E-state index contributed by atoms with van der Waals surface area (Å²) in [5.41, 5.74) is 6.37. The predicted molar refractivity (Wildman–Crippen MR) is 96.2 cm³/mol. The summed E-state index contributed by atoms with van der Waals surface area (Å²) in [5, 5.41) is 3.07. The highest BCUT2D eigenvalue weighted by molar-refractivity contribution is 7.10. The van der Waals surface area contributed by atoms with Crippen LogP contribution in [0.5, 0.6) is 0 Å². The standard InChI is InChI=1S/C18H17N5S/c1-11-6-14-17(7-12(11)2)23(10-21-14)13(3)18-22-16(9-24-18)15-8-19-4-5-20-15/h4-10,13H,1-3H3/t13-/m0/s1. The number of imidazole rings is 1. The summed E-state index contributed by atoms with van der Waals surface area (Å²) in [7, 11) is 0. The molecule has 4 rings (SSSR count). The van der Waals surface area contributed by atoms with Crippen molar-refractivity contribution < 1.29 is 0 Å². The minimum absolute atomic E-state index is 0.118. The van der Waals surface area contributed by atoms with E-state index < -0.39 is 0 Å². The van der Waals surface area contributed by atoms with Crippen LogP contribution in [0.15, 0.2) is 42.4 Å². The number of aryl methyl sites for hydroxylation is 2. The average Bonchev–Trinajstić information content (AvgIpc) is 3.23. The summed E-state index contributed by atoms with van der Waals surface area (Å²) in [5.74, 6) is 0. The van der Waals surface area contributed by atoms with Crippen LogP contribution in [0.25, 0.3) is 22.4 Å².